The lowest BCUT2D eigenvalue weighted by molar-refractivity contribution is 0.0930. The largest absolute Gasteiger partial charge is 0.349 e. The molecule has 0 saturated carbocycles. The van der Waals surface area contributed by atoms with Gasteiger partial charge in [0.15, 0.2) is 11.3 Å². The predicted molar refractivity (Wildman–Crippen MR) is 107 cm³/mol. The molecule has 27 heavy (non-hydrogen) atoms. The molecule has 1 aromatic carbocycles. The fraction of sp³-hybridized carbons (Fsp3) is 0.316. The van der Waals surface area contributed by atoms with E-state index in [4.69, 9.17) is 23.2 Å². The van der Waals surface area contributed by atoms with Gasteiger partial charge in [0.2, 0.25) is 0 Å². The molecule has 2 heterocycles. The van der Waals surface area contributed by atoms with E-state index in [9.17, 15) is 4.79 Å². The third-order valence-corrected chi connectivity index (χ3v) is 5.22. The average molecular weight is 406 g/mol. The molecule has 8 heteroatoms. The van der Waals surface area contributed by atoms with Gasteiger partial charge in [-0.15, -0.1) is 0 Å². The van der Waals surface area contributed by atoms with E-state index >= 15 is 0 Å². The van der Waals surface area contributed by atoms with Gasteiger partial charge in [0.1, 0.15) is 5.02 Å². The Bertz CT molecular complexity index is 939. The number of amides is 1. The van der Waals surface area contributed by atoms with Gasteiger partial charge in [0.05, 0.1) is 6.04 Å². The van der Waals surface area contributed by atoms with Crippen LogP contribution in [-0.2, 0) is 0 Å². The van der Waals surface area contributed by atoms with Crippen LogP contribution in [0.4, 0.5) is 0 Å². The van der Waals surface area contributed by atoms with Crippen molar-refractivity contribution in [3.8, 4) is 0 Å². The molecule has 0 aliphatic heterocycles. The molecular formula is C19H21Cl2N5O. The molecule has 1 atom stereocenters. The highest BCUT2D eigenvalue weighted by Crippen LogP contribution is 2.27. The number of rotatable bonds is 7. The van der Waals surface area contributed by atoms with Crippen LogP contribution in [0.2, 0.25) is 10.0 Å². The minimum atomic E-state index is -0.338. The summed E-state index contributed by atoms with van der Waals surface area (Å²) in [5.74, 6) is -0.338. The van der Waals surface area contributed by atoms with Crippen molar-refractivity contribution in [1.29, 1.82) is 0 Å². The second-order valence-electron chi connectivity index (χ2n) is 6.02. The van der Waals surface area contributed by atoms with Crippen LogP contribution in [-0.4, -0.2) is 45.0 Å². The molecule has 0 fully saturated rings. The fourth-order valence-electron chi connectivity index (χ4n) is 3.12. The highest BCUT2D eigenvalue weighted by Gasteiger charge is 2.23. The van der Waals surface area contributed by atoms with Gasteiger partial charge in [-0.1, -0.05) is 55.2 Å². The summed E-state index contributed by atoms with van der Waals surface area (Å²) >= 11 is 12.7. The Kier molecular flexibility index (Phi) is 6.31. The summed E-state index contributed by atoms with van der Waals surface area (Å²) in [5.41, 5.74) is 1.59. The molecule has 0 bridgehead atoms. The summed E-state index contributed by atoms with van der Waals surface area (Å²) in [7, 11) is 0. The Balaban J connectivity index is 1.83. The molecule has 2 aromatic heterocycles. The minimum absolute atomic E-state index is 0.0495. The standard InChI is InChI=1S/C19H21Cl2N5O/c1-3-25(4-2)15(13-8-5-6-9-14(13)20)12-23-19(27)17-16(21)18-22-10-7-11-26(18)24-17/h5-11,15H,3-4,12H2,1-2H3,(H,23,27)/t15-/m0/s1. The Labute approximate surface area is 168 Å². The van der Waals surface area contributed by atoms with Crippen LogP contribution in [0.5, 0.6) is 0 Å². The van der Waals surface area contributed by atoms with Gasteiger partial charge in [-0.05, 0) is 30.8 Å². The highest BCUT2D eigenvalue weighted by atomic mass is 35.5. The van der Waals surface area contributed by atoms with E-state index < -0.39 is 0 Å². The van der Waals surface area contributed by atoms with Crippen molar-refractivity contribution in [2.75, 3.05) is 19.6 Å². The Morgan fingerprint density at radius 3 is 2.63 bits per heavy atom. The first-order valence-electron chi connectivity index (χ1n) is 8.82. The molecule has 0 unspecified atom stereocenters. The normalized spacial score (nSPS) is 12.5. The van der Waals surface area contributed by atoms with Gasteiger partial charge in [0.25, 0.3) is 5.91 Å². The molecular weight excluding hydrogens is 385 g/mol. The van der Waals surface area contributed by atoms with Crippen molar-refractivity contribution in [3.05, 3.63) is 64.0 Å². The molecule has 0 radical (unpaired) electrons. The van der Waals surface area contributed by atoms with Gasteiger partial charge in [0, 0.05) is 24.0 Å². The molecule has 0 aliphatic carbocycles. The summed E-state index contributed by atoms with van der Waals surface area (Å²) < 4.78 is 1.49. The van der Waals surface area contributed by atoms with Crippen LogP contribution in [0.15, 0.2) is 42.7 Å². The first-order chi connectivity index (χ1) is 13.1. The first kappa shape index (κ1) is 19.6. The lowest BCUT2D eigenvalue weighted by Crippen LogP contribution is -2.38. The first-order valence-corrected chi connectivity index (χ1v) is 9.57. The molecule has 142 valence electrons. The Hall–Kier alpha value is -2.15. The number of fused-ring (bicyclic) bond motifs is 1. The van der Waals surface area contributed by atoms with Crippen molar-refractivity contribution in [2.24, 2.45) is 0 Å². The third-order valence-electron chi connectivity index (χ3n) is 4.53. The number of benzene rings is 1. The van der Waals surface area contributed by atoms with E-state index in [0.717, 1.165) is 18.7 Å². The zero-order valence-electron chi connectivity index (χ0n) is 15.2. The number of nitrogens with one attached hydrogen (secondary N) is 1. The maximum absolute atomic E-state index is 12.7. The number of aromatic nitrogens is 3. The maximum atomic E-state index is 12.7. The number of nitrogens with zero attached hydrogens (tertiary/aromatic N) is 4. The second-order valence-corrected chi connectivity index (χ2v) is 6.80. The summed E-state index contributed by atoms with van der Waals surface area (Å²) in [6, 6.07) is 9.37. The van der Waals surface area contributed by atoms with E-state index in [2.05, 4.69) is 34.1 Å². The van der Waals surface area contributed by atoms with Crippen LogP contribution < -0.4 is 5.32 Å². The number of carbonyl (C=O) groups is 1. The highest BCUT2D eigenvalue weighted by molar-refractivity contribution is 6.36. The van der Waals surface area contributed by atoms with Crippen LogP contribution in [0.25, 0.3) is 5.65 Å². The summed E-state index contributed by atoms with van der Waals surface area (Å²) in [6.45, 7) is 6.23. The van der Waals surface area contributed by atoms with Crippen LogP contribution >= 0.6 is 23.2 Å². The summed E-state index contributed by atoms with van der Waals surface area (Å²) in [6.07, 6.45) is 3.31. The number of halogens is 2. The molecule has 6 nitrogen and oxygen atoms in total. The lowest BCUT2D eigenvalue weighted by Gasteiger charge is -2.30. The minimum Gasteiger partial charge on any atom is -0.349 e. The quantitative estimate of drug-likeness (QED) is 0.648. The lowest BCUT2D eigenvalue weighted by atomic mass is 10.0. The maximum Gasteiger partial charge on any atom is 0.273 e. The van der Waals surface area contributed by atoms with Gasteiger partial charge >= 0.3 is 0 Å². The van der Waals surface area contributed by atoms with Gasteiger partial charge in [-0.25, -0.2) is 9.50 Å². The van der Waals surface area contributed by atoms with Crippen LogP contribution in [0, 0.1) is 0 Å². The number of hydrogen-bond acceptors (Lipinski definition) is 4. The fourth-order valence-corrected chi connectivity index (χ4v) is 3.64. The second kappa shape index (κ2) is 8.69. The number of hydrogen-bond donors (Lipinski definition) is 1. The van der Waals surface area contributed by atoms with Gasteiger partial charge < -0.3 is 5.32 Å². The van der Waals surface area contributed by atoms with E-state index in [1.54, 1.807) is 18.5 Å². The van der Waals surface area contributed by atoms with Crippen molar-refractivity contribution in [3.63, 3.8) is 0 Å². The van der Waals surface area contributed by atoms with E-state index in [1.807, 2.05) is 24.3 Å². The van der Waals surface area contributed by atoms with E-state index in [1.165, 1.54) is 4.52 Å². The molecule has 1 amide bonds. The van der Waals surface area contributed by atoms with Gasteiger partial charge in [-0.2, -0.15) is 5.10 Å². The van der Waals surface area contributed by atoms with E-state index in [0.29, 0.717) is 17.2 Å². The molecule has 3 rings (SSSR count). The average Bonchev–Trinajstić information content (AvgIpc) is 3.03. The molecule has 0 spiro atoms. The zero-order chi connectivity index (χ0) is 19.4. The van der Waals surface area contributed by atoms with E-state index in [-0.39, 0.29) is 22.7 Å². The Morgan fingerprint density at radius 2 is 1.96 bits per heavy atom. The number of likely N-dealkylation sites (N-methyl/N-ethyl adjacent to an activating group) is 1. The molecule has 3 aromatic rings. The monoisotopic (exact) mass is 405 g/mol. The van der Waals surface area contributed by atoms with Crippen LogP contribution in [0.1, 0.15) is 35.9 Å². The Morgan fingerprint density at radius 1 is 1.22 bits per heavy atom. The number of carbonyl (C=O) groups excluding carboxylic acids is 1. The van der Waals surface area contributed by atoms with Crippen molar-refractivity contribution in [2.45, 2.75) is 19.9 Å². The molecule has 0 saturated heterocycles. The van der Waals surface area contributed by atoms with Crippen molar-refractivity contribution in [1.82, 2.24) is 24.8 Å². The van der Waals surface area contributed by atoms with Crippen LogP contribution in [0.3, 0.4) is 0 Å². The van der Waals surface area contributed by atoms with Crippen molar-refractivity contribution >= 4 is 34.8 Å². The molecule has 0 aliphatic rings. The SMILES string of the molecule is CCN(CC)[C@@H](CNC(=O)c1nn2cccnc2c1Cl)c1ccccc1Cl. The smallest absolute Gasteiger partial charge is 0.273 e. The van der Waals surface area contributed by atoms with Gasteiger partial charge in [-0.3, -0.25) is 9.69 Å². The van der Waals surface area contributed by atoms with Crippen molar-refractivity contribution < 1.29 is 4.79 Å². The predicted octanol–water partition coefficient (Wildman–Crippen LogP) is 3.85. The third kappa shape index (κ3) is 4.08. The molecule has 1 N–H and O–H groups in total. The summed E-state index contributed by atoms with van der Waals surface area (Å²) in [5, 5.41) is 8.10. The zero-order valence-corrected chi connectivity index (χ0v) is 16.7. The summed E-state index contributed by atoms with van der Waals surface area (Å²) in [4.78, 5) is 19.1. The topological polar surface area (TPSA) is 62.5 Å².